The number of ether oxygens (including phenoxy) is 1. The lowest BCUT2D eigenvalue weighted by Crippen LogP contribution is -2.41. The number of nitrogens with one attached hydrogen (secondary N) is 1. The minimum atomic E-state index is -0.532. The molecule has 19 heavy (non-hydrogen) atoms. The Bertz CT molecular complexity index is 424. The van der Waals surface area contributed by atoms with Gasteiger partial charge in [0.15, 0.2) is 0 Å². The molecule has 3 nitrogen and oxygen atoms in total. The molecule has 0 aromatic heterocycles. The summed E-state index contributed by atoms with van der Waals surface area (Å²) in [6.45, 7) is 11.1. The molecule has 0 spiro atoms. The number of benzene rings is 1. The zero-order valence-corrected chi connectivity index (χ0v) is 12.0. The van der Waals surface area contributed by atoms with Crippen LogP contribution in [0.25, 0.3) is 0 Å². The number of carbonyl (C=O) groups excluding carboxylic acids is 1. The van der Waals surface area contributed by atoms with Gasteiger partial charge in [-0.2, -0.15) is 0 Å². The second-order valence-corrected chi connectivity index (χ2v) is 5.26. The number of rotatable bonds is 7. The predicted molar refractivity (Wildman–Crippen MR) is 78.1 cm³/mol. The molecule has 0 atom stereocenters. The summed E-state index contributed by atoms with van der Waals surface area (Å²) >= 11 is 0. The van der Waals surface area contributed by atoms with E-state index in [9.17, 15) is 4.79 Å². The van der Waals surface area contributed by atoms with Crippen molar-refractivity contribution in [3.8, 4) is 0 Å². The average Bonchev–Trinajstić information content (AvgIpc) is 2.38. The Balaban J connectivity index is 2.42. The van der Waals surface area contributed by atoms with Gasteiger partial charge in [0.05, 0.1) is 18.6 Å². The number of carbonyl (C=O) groups is 1. The molecule has 0 bridgehead atoms. The summed E-state index contributed by atoms with van der Waals surface area (Å²) < 4.78 is 5.35. The third-order valence-electron chi connectivity index (χ3n) is 2.94. The molecule has 0 saturated heterocycles. The first-order valence-corrected chi connectivity index (χ1v) is 6.50. The van der Waals surface area contributed by atoms with Gasteiger partial charge in [0, 0.05) is 6.54 Å². The molecule has 1 rings (SSSR count). The Hall–Kier alpha value is -1.61. The molecule has 0 unspecified atom stereocenters. The zero-order valence-electron chi connectivity index (χ0n) is 12.0. The molecule has 0 heterocycles. The molecule has 1 N–H and O–H groups in total. The highest BCUT2D eigenvalue weighted by molar-refractivity contribution is 5.87. The Morgan fingerprint density at radius 3 is 2.53 bits per heavy atom. The van der Waals surface area contributed by atoms with Crippen molar-refractivity contribution >= 4 is 5.91 Å². The standard InChI is InChI=1S/C16H23NO2/c1-13(2)12-19-11-10-17-15(18)16(3,4)14-8-6-5-7-9-14/h5-9H,1,10-12H2,2-4H3,(H,17,18). The van der Waals surface area contributed by atoms with E-state index in [-0.39, 0.29) is 5.91 Å². The summed E-state index contributed by atoms with van der Waals surface area (Å²) in [4.78, 5) is 12.2. The van der Waals surface area contributed by atoms with Crippen molar-refractivity contribution in [3.05, 3.63) is 48.0 Å². The van der Waals surface area contributed by atoms with Gasteiger partial charge >= 0.3 is 0 Å². The molecule has 0 aliphatic carbocycles. The molecule has 104 valence electrons. The van der Waals surface area contributed by atoms with E-state index in [1.54, 1.807) is 0 Å². The first kappa shape index (κ1) is 15.4. The van der Waals surface area contributed by atoms with Crippen molar-refractivity contribution in [2.75, 3.05) is 19.8 Å². The number of amides is 1. The van der Waals surface area contributed by atoms with Gasteiger partial charge in [0.2, 0.25) is 5.91 Å². The fourth-order valence-electron chi connectivity index (χ4n) is 1.69. The Kier molecular flexibility index (Phi) is 5.77. The van der Waals surface area contributed by atoms with Gasteiger partial charge in [0.25, 0.3) is 0 Å². The van der Waals surface area contributed by atoms with Crippen molar-refractivity contribution in [2.24, 2.45) is 0 Å². The normalized spacial score (nSPS) is 11.1. The van der Waals surface area contributed by atoms with Crippen LogP contribution in [-0.2, 0) is 14.9 Å². The second kappa shape index (κ2) is 7.10. The average molecular weight is 261 g/mol. The van der Waals surface area contributed by atoms with E-state index in [1.807, 2.05) is 51.1 Å². The first-order valence-electron chi connectivity index (χ1n) is 6.50. The zero-order chi connectivity index (χ0) is 14.3. The minimum Gasteiger partial charge on any atom is -0.375 e. The van der Waals surface area contributed by atoms with Crippen LogP contribution in [0.3, 0.4) is 0 Å². The van der Waals surface area contributed by atoms with E-state index in [0.717, 1.165) is 11.1 Å². The summed E-state index contributed by atoms with van der Waals surface area (Å²) in [5.74, 6) is 0.0117. The first-order chi connectivity index (χ1) is 8.94. The van der Waals surface area contributed by atoms with Gasteiger partial charge in [-0.25, -0.2) is 0 Å². The maximum Gasteiger partial charge on any atom is 0.230 e. The molecule has 0 fully saturated rings. The minimum absolute atomic E-state index is 0.0117. The second-order valence-electron chi connectivity index (χ2n) is 5.26. The fourth-order valence-corrected chi connectivity index (χ4v) is 1.69. The van der Waals surface area contributed by atoms with Gasteiger partial charge in [-0.05, 0) is 26.3 Å². The largest absolute Gasteiger partial charge is 0.375 e. The lowest BCUT2D eigenvalue weighted by molar-refractivity contribution is -0.125. The topological polar surface area (TPSA) is 38.3 Å². The van der Waals surface area contributed by atoms with Gasteiger partial charge in [-0.15, -0.1) is 0 Å². The molecule has 0 saturated carbocycles. The summed E-state index contributed by atoms with van der Waals surface area (Å²) in [6.07, 6.45) is 0. The fraction of sp³-hybridized carbons (Fsp3) is 0.438. The Labute approximate surface area is 115 Å². The quantitative estimate of drug-likeness (QED) is 0.605. The van der Waals surface area contributed by atoms with Crippen LogP contribution in [0.2, 0.25) is 0 Å². The van der Waals surface area contributed by atoms with Crippen LogP contribution in [0.5, 0.6) is 0 Å². The molecule has 3 heteroatoms. The SMILES string of the molecule is C=C(C)COCCNC(=O)C(C)(C)c1ccccc1. The highest BCUT2D eigenvalue weighted by Crippen LogP contribution is 2.22. The highest BCUT2D eigenvalue weighted by Gasteiger charge is 2.28. The van der Waals surface area contributed by atoms with E-state index < -0.39 is 5.41 Å². The molecule has 0 aliphatic rings. The smallest absolute Gasteiger partial charge is 0.230 e. The lowest BCUT2D eigenvalue weighted by Gasteiger charge is -2.24. The van der Waals surface area contributed by atoms with Crippen LogP contribution in [0.1, 0.15) is 26.3 Å². The maximum atomic E-state index is 12.2. The van der Waals surface area contributed by atoms with Crippen molar-refractivity contribution in [3.63, 3.8) is 0 Å². The van der Waals surface area contributed by atoms with E-state index >= 15 is 0 Å². The highest BCUT2D eigenvalue weighted by atomic mass is 16.5. The molecule has 1 aromatic rings. The van der Waals surface area contributed by atoms with Crippen molar-refractivity contribution in [1.82, 2.24) is 5.32 Å². The van der Waals surface area contributed by atoms with Gasteiger partial charge < -0.3 is 10.1 Å². The molecule has 1 amide bonds. The number of hydrogen-bond donors (Lipinski definition) is 1. The summed E-state index contributed by atoms with van der Waals surface area (Å²) in [5, 5.41) is 2.90. The third-order valence-corrected chi connectivity index (χ3v) is 2.94. The molecule has 1 aromatic carbocycles. The predicted octanol–water partition coefficient (Wildman–Crippen LogP) is 2.67. The summed E-state index contributed by atoms with van der Waals surface area (Å²) in [6, 6.07) is 9.78. The van der Waals surface area contributed by atoms with Crippen molar-refractivity contribution in [1.29, 1.82) is 0 Å². The lowest BCUT2D eigenvalue weighted by atomic mass is 9.84. The van der Waals surface area contributed by atoms with E-state index in [2.05, 4.69) is 11.9 Å². The third kappa shape index (κ3) is 4.87. The van der Waals surface area contributed by atoms with Gasteiger partial charge in [0.1, 0.15) is 0 Å². The van der Waals surface area contributed by atoms with Crippen LogP contribution in [-0.4, -0.2) is 25.7 Å². The van der Waals surface area contributed by atoms with E-state index in [1.165, 1.54) is 0 Å². The van der Waals surface area contributed by atoms with Crippen LogP contribution >= 0.6 is 0 Å². The summed E-state index contributed by atoms with van der Waals surface area (Å²) in [7, 11) is 0. The Morgan fingerprint density at radius 1 is 1.32 bits per heavy atom. The van der Waals surface area contributed by atoms with Crippen LogP contribution in [0.4, 0.5) is 0 Å². The van der Waals surface area contributed by atoms with Crippen molar-refractivity contribution in [2.45, 2.75) is 26.2 Å². The summed E-state index contributed by atoms with van der Waals surface area (Å²) in [5.41, 5.74) is 1.46. The molecule has 0 radical (unpaired) electrons. The molecular formula is C16H23NO2. The molecular weight excluding hydrogens is 238 g/mol. The maximum absolute atomic E-state index is 12.2. The van der Waals surface area contributed by atoms with Crippen molar-refractivity contribution < 1.29 is 9.53 Å². The van der Waals surface area contributed by atoms with E-state index in [0.29, 0.717) is 19.8 Å². The van der Waals surface area contributed by atoms with E-state index in [4.69, 9.17) is 4.74 Å². The van der Waals surface area contributed by atoms with Crippen LogP contribution < -0.4 is 5.32 Å². The van der Waals surface area contributed by atoms with Crippen LogP contribution in [0.15, 0.2) is 42.5 Å². The van der Waals surface area contributed by atoms with Gasteiger partial charge in [-0.3, -0.25) is 4.79 Å². The Morgan fingerprint density at radius 2 is 1.95 bits per heavy atom. The number of hydrogen-bond acceptors (Lipinski definition) is 2. The van der Waals surface area contributed by atoms with Crippen LogP contribution in [0, 0.1) is 0 Å². The monoisotopic (exact) mass is 261 g/mol. The van der Waals surface area contributed by atoms with Gasteiger partial charge in [-0.1, -0.05) is 42.5 Å². The molecule has 0 aliphatic heterocycles.